The van der Waals surface area contributed by atoms with Gasteiger partial charge in [-0.2, -0.15) is 0 Å². The number of rotatable bonds is 6. The van der Waals surface area contributed by atoms with E-state index in [9.17, 15) is 19.1 Å². The second kappa shape index (κ2) is 7.29. The number of carboxylic acids is 1. The van der Waals surface area contributed by atoms with Crippen LogP contribution in [0.2, 0.25) is 0 Å². The lowest BCUT2D eigenvalue weighted by molar-refractivity contribution is -0.149. The first kappa shape index (κ1) is 17.5. The number of aliphatic carboxylic acids is 1. The fourth-order valence-corrected chi connectivity index (χ4v) is 3.89. The van der Waals surface area contributed by atoms with Crippen LogP contribution in [0.4, 0.5) is 9.18 Å². The maximum atomic E-state index is 12.8. The van der Waals surface area contributed by atoms with Crippen LogP contribution in [0.1, 0.15) is 25.7 Å². The lowest BCUT2D eigenvalue weighted by Crippen LogP contribution is -2.42. The summed E-state index contributed by atoms with van der Waals surface area (Å²) in [4.78, 5) is 25.5. The van der Waals surface area contributed by atoms with E-state index in [0.29, 0.717) is 44.8 Å². The number of hydrogen-bond acceptors (Lipinski definition) is 3. The van der Waals surface area contributed by atoms with Gasteiger partial charge in [-0.15, -0.1) is 0 Å². The lowest BCUT2D eigenvalue weighted by Gasteiger charge is -2.23. The Hall–Kier alpha value is -2.31. The predicted molar refractivity (Wildman–Crippen MR) is 88.9 cm³/mol. The van der Waals surface area contributed by atoms with E-state index in [1.165, 1.54) is 12.1 Å². The first-order valence-corrected chi connectivity index (χ1v) is 8.66. The summed E-state index contributed by atoms with van der Waals surface area (Å²) in [5.74, 6) is -0.437. The van der Waals surface area contributed by atoms with Gasteiger partial charge < -0.3 is 20.1 Å². The predicted octanol–water partition coefficient (Wildman–Crippen LogP) is 2.49. The lowest BCUT2D eigenvalue weighted by atomic mass is 9.81. The number of halogens is 1. The molecule has 6 nitrogen and oxygen atoms in total. The van der Waals surface area contributed by atoms with Crippen molar-refractivity contribution in [1.29, 1.82) is 0 Å². The first-order valence-electron chi connectivity index (χ1n) is 8.66. The van der Waals surface area contributed by atoms with Gasteiger partial charge in [0.1, 0.15) is 11.6 Å². The summed E-state index contributed by atoms with van der Waals surface area (Å²) >= 11 is 0. The number of carbonyl (C=O) groups is 2. The van der Waals surface area contributed by atoms with Crippen LogP contribution in [0.3, 0.4) is 0 Å². The van der Waals surface area contributed by atoms with Crippen LogP contribution in [0, 0.1) is 17.2 Å². The van der Waals surface area contributed by atoms with Crippen LogP contribution in [-0.2, 0) is 4.79 Å². The van der Waals surface area contributed by atoms with Crippen molar-refractivity contribution < 1.29 is 23.8 Å². The zero-order valence-corrected chi connectivity index (χ0v) is 14.0. The summed E-state index contributed by atoms with van der Waals surface area (Å²) in [6, 6.07) is 5.57. The Morgan fingerprint density at radius 1 is 1.36 bits per heavy atom. The third kappa shape index (κ3) is 3.70. The Morgan fingerprint density at radius 3 is 2.80 bits per heavy atom. The van der Waals surface area contributed by atoms with E-state index in [1.54, 1.807) is 17.0 Å². The van der Waals surface area contributed by atoms with Crippen molar-refractivity contribution in [2.24, 2.45) is 11.3 Å². The number of fused-ring (bicyclic) bond motifs is 1. The number of hydrogen-bond donors (Lipinski definition) is 2. The molecule has 1 saturated heterocycles. The molecular weight excluding hydrogens is 327 g/mol. The van der Waals surface area contributed by atoms with Gasteiger partial charge in [-0.25, -0.2) is 9.18 Å². The number of urea groups is 1. The number of carboxylic acid groups (broad SMARTS) is 1. The number of amides is 2. The zero-order valence-electron chi connectivity index (χ0n) is 14.0. The molecule has 0 unspecified atom stereocenters. The summed E-state index contributed by atoms with van der Waals surface area (Å²) in [5.41, 5.74) is -0.747. The minimum Gasteiger partial charge on any atom is -0.494 e. The Kier molecular flexibility index (Phi) is 5.11. The number of nitrogens with one attached hydrogen (secondary N) is 1. The van der Waals surface area contributed by atoms with Gasteiger partial charge in [-0.3, -0.25) is 4.79 Å². The fraction of sp³-hybridized carbons (Fsp3) is 0.556. The maximum Gasteiger partial charge on any atom is 0.317 e. The van der Waals surface area contributed by atoms with Gasteiger partial charge in [-0.05, 0) is 49.4 Å². The largest absolute Gasteiger partial charge is 0.494 e. The molecule has 1 aromatic rings. The summed E-state index contributed by atoms with van der Waals surface area (Å²) in [5, 5.41) is 12.4. The summed E-state index contributed by atoms with van der Waals surface area (Å²) in [7, 11) is 0. The SMILES string of the molecule is O=C(NCCCOc1ccc(F)cc1)N1C[C@@H]2CCC[C@@]2(C(=O)O)C1. The second-order valence-corrected chi connectivity index (χ2v) is 6.82. The minimum atomic E-state index is -0.780. The summed E-state index contributed by atoms with van der Waals surface area (Å²) < 4.78 is 18.3. The second-order valence-electron chi connectivity index (χ2n) is 6.82. The van der Waals surface area contributed by atoms with E-state index in [2.05, 4.69) is 5.32 Å². The van der Waals surface area contributed by atoms with E-state index in [-0.39, 0.29) is 17.8 Å². The molecule has 1 saturated carbocycles. The van der Waals surface area contributed by atoms with Gasteiger partial charge in [0.15, 0.2) is 0 Å². The Bertz CT molecular complexity index is 636. The molecular formula is C18H23FN2O4. The van der Waals surface area contributed by atoms with Crippen molar-refractivity contribution in [3.63, 3.8) is 0 Å². The summed E-state index contributed by atoms with van der Waals surface area (Å²) in [6.45, 7) is 1.67. The first-order chi connectivity index (χ1) is 12.0. The van der Waals surface area contributed by atoms with Gasteiger partial charge in [0.2, 0.25) is 0 Å². The van der Waals surface area contributed by atoms with Crippen LogP contribution < -0.4 is 10.1 Å². The van der Waals surface area contributed by atoms with Crippen LogP contribution in [-0.4, -0.2) is 48.2 Å². The number of ether oxygens (including phenoxy) is 1. The Morgan fingerprint density at radius 2 is 2.12 bits per heavy atom. The van der Waals surface area contributed by atoms with Gasteiger partial charge >= 0.3 is 12.0 Å². The molecule has 0 bridgehead atoms. The van der Waals surface area contributed by atoms with E-state index >= 15 is 0 Å². The van der Waals surface area contributed by atoms with Crippen LogP contribution in [0.15, 0.2) is 24.3 Å². The Balaban J connectivity index is 1.39. The molecule has 0 aromatic heterocycles. The molecule has 1 aromatic carbocycles. The highest BCUT2D eigenvalue weighted by Crippen LogP contribution is 2.48. The molecule has 1 aliphatic carbocycles. The maximum absolute atomic E-state index is 12.8. The van der Waals surface area contributed by atoms with Crippen molar-refractivity contribution in [3.8, 4) is 5.75 Å². The highest BCUT2D eigenvalue weighted by molar-refractivity contribution is 5.80. The zero-order chi connectivity index (χ0) is 17.9. The van der Waals surface area contributed by atoms with Crippen molar-refractivity contribution in [3.05, 3.63) is 30.1 Å². The van der Waals surface area contributed by atoms with Crippen molar-refractivity contribution in [1.82, 2.24) is 10.2 Å². The van der Waals surface area contributed by atoms with Gasteiger partial charge in [0.05, 0.1) is 12.0 Å². The van der Waals surface area contributed by atoms with E-state index in [1.807, 2.05) is 0 Å². The standard InChI is InChI=1S/C18H23FN2O4/c19-14-4-6-15(7-5-14)25-10-2-9-20-17(24)21-11-13-3-1-8-18(13,12-21)16(22)23/h4-7,13H,1-3,8-12H2,(H,20,24)(H,22,23)/t13-,18+/m0/s1. The van der Waals surface area contributed by atoms with Gasteiger partial charge in [0.25, 0.3) is 0 Å². The molecule has 0 spiro atoms. The normalized spacial score (nSPS) is 24.8. The number of likely N-dealkylation sites (tertiary alicyclic amines) is 1. The van der Waals surface area contributed by atoms with Crippen molar-refractivity contribution >= 4 is 12.0 Å². The molecule has 3 rings (SSSR count). The number of nitrogens with zero attached hydrogens (tertiary/aromatic N) is 1. The molecule has 0 radical (unpaired) electrons. The third-order valence-electron chi connectivity index (χ3n) is 5.26. The average Bonchev–Trinajstić information content (AvgIpc) is 3.14. The monoisotopic (exact) mass is 350 g/mol. The highest BCUT2D eigenvalue weighted by atomic mass is 19.1. The highest BCUT2D eigenvalue weighted by Gasteiger charge is 2.55. The van der Waals surface area contributed by atoms with Crippen LogP contribution >= 0.6 is 0 Å². The fourth-order valence-electron chi connectivity index (χ4n) is 3.89. The quantitative estimate of drug-likeness (QED) is 0.773. The number of benzene rings is 1. The van der Waals surface area contributed by atoms with E-state index < -0.39 is 11.4 Å². The minimum absolute atomic E-state index is 0.0672. The topological polar surface area (TPSA) is 78.9 Å². The smallest absolute Gasteiger partial charge is 0.317 e. The molecule has 2 amide bonds. The average molecular weight is 350 g/mol. The van der Waals surface area contributed by atoms with Crippen LogP contribution in [0.25, 0.3) is 0 Å². The van der Waals surface area contributed by atoms with Gasteiger partial charge in [-0.1, -0.05) is 6.42 Å². The summed E-state index contributed by atoms with van der Waals surface area (Å²) in [6.07, 6.45) is 3.07. The Labute approximate surface area is 146 Å². The van der Waals surface area contributed by atoms with Gasteiger partial charge in [0, 0.05) is 19.6 Å². The molecule has 2 atom stereocenters. The van der Waals surface area contributed by atoms with Crippen LogP contribution in [0.5, 0.6) is 5.75 Å². The molecule has 25 heavy (non-hydrogen) atoms. The van der Waals surface area contributed by atoms with Crippen molar-refractivity contribution in [2.75, 3.05) is 26.2 Å². The molecule has 136 valence electrons. The molecule has 1 heterocycles. The van der Waals surface area contributed by atoms with E-state index in [4.69, 9.17) is 4.74 Å². The molecule has 2 fully saturated rings. The number of carbonyl (C=O) groups excluding carboxylic acids is 1. The molecule has 1 aliphatic heterocycles. The molecule has 2 N–H and O–H groups in total. The van der Waals surface area contributed by atoms with Crippen molar-refractivity contribution in [2.45, 2.75) is 25.7 Å². The third-order valence-corrected chi connectivity index (χ3v) is 5.26. The molecule has 2 aliphatic rings. The molecule has 7 heteroatoms. The van der Waals surface area contributed by atoms with E-state index in [0.717, 1.165) is 12.8 Å².